The van der Waals surface area contributed by atoms with Crippen molar-refractivity contribution in [3.63, 3.8) is 0 Å². The number of aromatic nitrogens is 2. The fourth-order valence-electron chi connectivity index (χ4n) is 1.38. The number of alkyl halides is 3. The second kappa shape index (κ2) is 5.07. The van der Waals surface area contributed by atoms with Gasteiger partial charge in [0.05, 0.1) is 6.20 Å². The van der Waals surface area contributed by atoms with Gasteiger partial charge in [-0.3, -0.25) is 5.10 Å². The van der Waals surface area contributed by atoms with E-state index in [9.17, 15) is 21.6 Å². The van der Waals surface area contributed by atoms with E-state index in [1.54, 1.807) is 0 Å². The maximum Gasteiger partial charge on any atom is 0.502 e. The van der Waals surface area contributed by atoms with E-state index in [0.717, 1.165) is 21.3 Å². The predicted molar refractivity (Wildman–Crippen MR) is 54.5 cm³/mol. The Kier molecular flexibility index (Phi) is 4.24. The van der Waals surface area contributed by atoms with Crippen LogP contribution in [0.15, 0.2) is 11.1 Å². The van der Waals surface area contributed by atoms with E-state index in [0.29, 0.717) is 6.20 Å². The lowest BCUT2D eigenvalue weighted by Crippen LogP contribution is -2.36. The first-order chi connectivity index (χ1) is 8.66. The molecule has 1 heterocycles. The fraction of sp³-hybridized carbons (Fsp3) is 0.625. The first-order valence-corrected chi connectivity index (χ1v) is 6.15. The summed E-state index contributed by atoms with van der Waals surface area (Å²) >= 11 is 0. The highest BCUT2D eigenvalue weighted by molar-refractivity contribution is 7.92. The minimum absolute atomic E-state index is 0.504. The van der Waals surface area contributed by atoms with E-state index in [1.165, 1.54) is 0 Å². The molecule has 0 aromatic carbocycles. The van der Waals surface area contributed by atoms with Gasteiger partial charge in [-0.05, 0) is 0 Å². The molecular weight excluding hydrogens is 293 g/mol. The Labute approximate surface area is 106 Å². The first-order valence-electron chi connectivity index (χ1n) is 4.67. The molecular formula is C8H11F3N2O5S. The molecule has 0 saturated heterocycles. The molecule has 1 N–H and O–H groups in total. The minimum Gasteiger partial charge on any atom is -0.326 e. The summed E-state index contributed by atoms with van der Waals surface area (Å²) in [6.45, 7) is 0. The van der Waals surface area contributed by atoms with Gasteiger partial charge in [-0.15, -0.1) is 0 Å². The second-order valence-electron chi connectivity index (χ2n) is 3.23. The van der Waals surface area contributed by atoms with Gasteiger partial charge < -0.3 is 14.2 Å². The zero-order valence-electron chi connectivity index (χ0n) is 10.1. The number of halogens is 3. The van der Waals surface area contributed by atoms with Crippen LogP contribution in [0.25, 0.3) is 0 Å². The number of rotatable bonds is 5. The number of hydrogen-bond acceptors (Lipinski definition) is 6. The molecule has 0 atom stereocenters. The Morgan fingerprint density at radius 2 is 1.63 bits per heavy atom. The summed E-state index contributed by atoms with van der Waals surface area (Å²) in [5, 5.41) is 5.34. The molecule has 0 aliphatic carbocycles. The zero-order valence-corrected chi connectivity index (χ0v) is 10.9. The summed E-state index contributed by atoms with van der Waals surface area (Å²) in [6, 6.07) is 0. The molecule has 7 nitrogen and oxygen atoms in total. The number of ether oxygens (including phenoxy) is 3. The van der Waals surface area contributed by atoms with Crippen LogP contribution in [0.4, 0.5) is 13.2 Å². The van der Waals surface area contributed by atoms with E-state index in [-0.39, 0.29) is 0 Å². The van der Waals surface area contributed by atoms with Crippen LogP contribution in [0.1, 0.15) is 5.69 Å². The smallest absolute Gasteiger partial charge is 0.326 e. The molecule has 1 aromatic heterocycles. The van der Waals surface area contributed by atoms with Crippen molar-refractivity contribution in [1.82, 2.24) is 10.2 Å². The molecule has 0 aliphatic rings. The minimum atomic E-state index is -5.61. The lowest BCUT2D eigenvalue weighted by molar-refractivity contribution is -0.368. The van der Waals surface area contributed by atoms with Gasteiger partial charge in [0.1, 0.15) is 10.6 Å². The van der Waals surface area contributed by atoms with Crippen LogP contribution >= 0.6 is 0 Å². The Morgan fingerprint density at radius 1 is 1.16 bits per heavy atom. The van der Waals surface area contributed by atoms with Crippen LogP contribution in [0.5, 0.6) is 0 Å². The maximum atomic E-state index is 12.5. The number of nitrogens with one attached hydrogen (secondary N) is 1. The molecule has 0 amide bonds. The predicted octanol–water partition coefficient (Wildman–Crippen LogP) is 0.753. The summed E-state index contributed by atoms with van der Waals surface area (Å²) in [7, 11) is -2.41. The van der Waals surface area contributed by atoms with Crippen LogP contribution in [-0.4, -0.2) is 45.5 Å². The molecule has 0 aliphatic heterocycles. The largest absolute Gasteiger partial charge is 0.502 e. The highest BCUT2D eigenvalue weighted by Crippen LogP contribution is 2.36. The molecule has 0 bridgehead atoms. The van der Waals surface area contributed by atoms with Crippen molar-refractivity contribution < 1.29 is 35.8 Å². The lowest BCUT2D eigenvalue weighted by atomic mass is 10.3. The van der Waals surface area contributed by atoms with Gasteiger partial charge in [0, 0.05) is 21.3 Å². The van der Waals surface area contributed by atoms with E-state index in [1.807, 2.05) is 0 Å². The zero-order chi connectivity index (χ0) is 14.9. The number of sulfone groups is 1. The van der Waals surface area contributed by atoms with E-state index >= 15 is 0 Å². The summed E-state index contributed by atoms with van der Waals surface area (Å²) in [6.07, 6.45) is 0.504. The molecule has 110 valence electrons. The lowest BCUT2D eigenvalue weighted by Gasteiger charge is -2.28. The Balaban J connectivity index is 3.49. The van der Waals surface area contributed by atoms with Gasteiger partial charge in [-0.25, -0.2) is 8.42 Å². The molecule has 0 unspecified atom stereocenters. The van der Waals surface area contributed by atoms with Crippen molar-refractivity contribution in [2.75, 3.05) is 21.3 Å². The normalized spacial score (nSPS) is 13.8. The number of nitrogens with zero attached hydrogens (tertiary/aromatic N) is 1. The van der Waals surface area contributed by atoms with Crippen molar-refractivity contribution in [2.45, 2.75) is 16.4 Å². The third-order valence-corrected chi connectivity index (χ3v) is 3.81. The van der Waals surface area contributed by atoms with Crippen molar-refractivity contribution in [3.8, 4) is 0 Å². The highest BCUT2D eigenvalue weighted by Gasteiger charge is 2.52. The van der Waals surface area contributed by atoms with Crippen LogP contribution in [0.2, 0.25) is 0 Å². The van der Waals surface area contributed by atoms with E-state index < -0.39 is 31.9 Å². The molecule has 0 radical (unpaired) electrons. The van der Waals surface area contributed by atoms with Gasteiger partial charge in [0.25, 0.3) is 9.84 Å². The van der Waals surface area contributed by atoms with Crippen molar-refractivity contribution in [3.05, 3.63) is 11.9 Å². The molecule has 1 aromatic rings. The van der Waals surface area contributed by atoms with Crippen LogP contribution in [0.3, 0.4) is 0 Å². The summed E-state index contributed by atoms with van der Waals surface area (Å²) in [5.74, 6) is -2.13. The summed E-state index contributed by atoms with van der Waals surface area (Å²) < 4.78 is 74.7. The van der Waals surface area contributed by atoms with Crippen molar-refractivity contribution in [2.24, 2.45) is 0 Å². The van der Waals surface area contributed by atoms with E-state index in [2.05, 4.69) is 10.2 Å². The van der Waals surface area contributed by atoms with Gasteiger partial charge in [0.2, 0.25) is 0 Å². The van der Waals surface area contributed by atoms with Gasteiger partial charge >= 0.3 is 11.5 Å². The average molecular weight is 304 g/mol. The second-order valence-corrected chi connectivity index (χ2v) is 5.14. The number of H-pyrrole nitrogens is 1. The van der Waals surface area contributed by atoms with Crippen molar-refractivity contribution in [1.29, 1.82) is 0 Å². The van der Waals surface area contributed by atoms with Crippen LogP contribution in [0, 0.1) is 0 Å². The molecule has 0 fully saturated rings. The van der Waals surface area contributed by atoms with Gasteiger partial charge in [0.15, 0.2) is 0 Å². The van der Waals surface area contributed by atoms with Gasteiger partial charge in [-0.2, -0.15) is 18.3 Å². The quantitative estimate of drug-likeness (QED) is 0.807. The number of hydrogen-bond donors (Lipinski definition) is 1. The van der Waals surface area contributed by atoms with Crippen molar-refractivity contribution >= 4 is 9.84 Å². The molecule has 0 saturated carbocycles. The molecule has 11 heteroatoms. The third-order valence-electron chi connectivity index (χ3n) is 2.31. The molecule has 0 spiro atoms. The summed E-state index contributed by atoms with van der Waals surface area (Å²) in [4.78, 5) is -1.13. The van der Waals surface area contributed by atoms with Crippen LogP contribution < -0.4 is 0 Å². The van der Waals surface area contributed by atoms with E-state index in [4.69, 9.17) is 14.2 Å². The summed E-state index contributed by atoms with van der Waals surface area (Å²) in [5.41, 5.74) is -6.09. The molecule has 19 heavy (non-hydrogen) atoms. The molecule has 1 rings (SSSR count). The SMILES string of the molecule is COC(OC)(OC)c1[nH]ncc1S(=O)(=O)C(F)(F)F. The number of aromatic amines is 1. The first kappa shape index (κ1) is 15.9. The monoisotopic (exact) mass is 304 g/mol. The van der Waals surface area contributed by atoms with Crippen LogP contribution in [-0.2, 0) is 30.0 Å². The standard InChI is InChI=1S/C8H11F3N2O5S/c1-16-7(17-2,18-3)6-5(4-12-13-6)19(14,15)8(9,10)11/h4H,1-3H3,(H,12,13). The maximum absolute atomic E-state index is 12.5. The third kappa shape index (κ3) is 2.45. The number of methoxy groups -OCH3 is 3. The fourth-order valence-corrected chi connectivity index (χ4v) is 2.26. The van der Waals surface area contributed by atoms with Gasteiger partial charge in [-0.1, -0.05) is 0 Å². The Hall–Kier alpha value is -1.17. The Morgan fingerprint density at radius 3 is 2.00 bits per heavy atom. The average Bonchev–Trinajstić information content (AvgIpc) is 2.81. The topological polar surface area (TPSA) is 90.5 Å². The highest BCUT2D eigenvalue weighted by atomic mass is 32.2. The Bertz CT molecular complexity index is 527.